The highest BCUT2D eigenvalue weighted by Gasteiger charge is 2.16. The summed E-state index contributed by atoms with van der Waals surface area (Å²) in [6.07, 6.45) is 1.71. The first-order valence-corrected chi connectivity index (χ1v) is 8.20. The van der Waals surface area contributed by atoms with Crippen molar-refractivity contribution in [3.05, 3.63) is 55.8 Å². The van der Waals surface area contributed by atoms with Crippen molar-refractivity contribution in [3.63, 3.8) is 0 Å². The summed E-state index contributed by atoms with van der Waals surface area (Å²) in [6.45, 7) is 1.88. The van der Waals surface area contributed by atoms with Gasteiger partial charge in [0.15, 0.2) is 0 Å². The summed E-state index contributed by atoms with van der Waals surface area (Å²) < 4.78 is 0.899. The molecule has 0 saturated carbocycles. The van der Waals surface area contributed by atoms with Gasteiger partial charge in [-0.05, 0) is 45.9 Å². The summed E-state index contributed by atoms with van der Waals surface area (Å²) in [4.78, 5) is 17.2. The van der Waals surface area contributed by atoms with Crippen molar-refractivity contribution in [2.45, 2.75) is 6.92 Å². The minimum absolute atomic E-state index is 0.213. The Morgan fingerprint density at radius 1 is 1.43 bits per heavy atom. The number of hydrogen-bond donors (Lipinski definition) is 1. The highest BCUT2D eigenvalue weighted by molar-refractivity contribution is 9.10. The molecule has 0 atom stereocenters. The van der Waals surface area contributed by atoms with E-state index in [2.05, 4.69) is 26.2 Å². The Labute approximate surface area is 139 Å². The molecule has 2 aromatic heterocycles. The topological polar surface area (TPSA) is 42.0 Å². The Bertz CT molecular complexity index is 847. The zero-order valence-corrected chi connectivity index (χ0v) is 14.1. The van der Waals surface area contributed by atoms with Gasteiger partial charge < -0.3 is 5.32 Å². The van der Waals surface area contributed by atoms with E-state index in [-0.39, 0.29) is 5.91 Å². The molecule has 0 fully saturated rings. The lowest BCUT2D eigenvalue weighted by atomic mass is 10.2. The molecule has 1 aromatic carbocycles. The Morgan fingerprint density at radius 2 is 2.24 bits per heavy atom. The standard InChI is InChI=1S/C15H10BrClN2OS/c1-8-7-21-14(12(8)17)15(20)19-11-4-2-3-9-5-10(16)6-18-13(9)11/h2-7H,1H3,(H,19,20). The summed E-state index contributed by atoms with van der Waals surface area (Å²) in [7, 11) is 0. The third kappa shape index (κ3) is 2.81. The normalized spacial score (nSPS) is 10.8. The van der Waals surface area contributed by atoms with Crippen LogP contribution in [0.25, 0.3) is 10.9 Å². The van der Waals surface area contributed by atoms with E-state index in [1.165, 1.54) is 11.3 Å². The zero-order chi connectivity index (χ0) is 15.0. The number of aromatic nitrogens is 1. The monoisotopic (exact) mass is 380 g/mol. The summed E-state index contributed by atoms with van der Waals surface area (Å²) in [5, 5.41) is 6.22. The molecule has 3 rings (SSSR count). The minimum atomic E-state index is -0.213. The third-order valence-electron chi connectivity index (χ3n) is 3.03. The van der Waals surface area contributed by atoms with Crippen molar-refractivity contribution < 1.29 is 4.79 Å². The number of thiophene rings is 1. The molecule has 3 nitrogen and oxygen atoms in total. The number of anilines is 1. The van der Waals surface area contributed by atoms with Gasteiger partial charge in [-0.1, -0.05) is 23.7 Å². The van der Waals surface area contributed by atoms with Gasteiger partial charge in [-0.15, -0.1) is 11.3 Å². The number of carbonyl (C=O) groups excluding carboxylic acids is 1. The molecule has 0 bridgehead atoms. The summed E-state index contributed by atoms with van der Waals surface area (Å²) >= 11 is 10.9. The van der Waals surface area contributed by atoms with Gasteiger partial charge in [0.2, 0.25) is 0 Å². The first kappa shape index (κ1) is 14.5. The number of amides is 1. The maximum absolute atomic E-state index is 12.3. The van der Waals surface area contributed by atoms with Crippen LogP contribution in [0, 0.1) is 6.92 Å². The van der Waals surface area contributed by atoms with Gasteiger partial charge in [-0.2, -0.15) is 0 Å². The molecular formula is C15H10BrClN2OS. The van der Waals surface area contributed by atoms with Crippen molar-refractivity contribution in [1.82, 2.24) is 4.98 Å². The number of nitrogens with one attached hydrogen (secondary N) is 1. The molecule has 0 aliphatic rings. The van der Waals surface area contributed by atoms with Crippen LogP contribution in [0.4, 0.5) is 5.69 Å². The van der Waals surface area contributed by atoms with E-state index in [9.17, 15) is 4.79 Å². The van der Waals surface area contributed by atoms with Crippen LogP contribution >= 0.6 is 38.9 Å². The van der Waals surface area contributed by atoms with Gasteiger partial charge in [0.25, 0.3) is 5.91 Å². The number of pyridine rings is 1. The van der Waals surface area contributed by atoms with E-state index in [1.807, 2.05) is 36.6 Å². The van der Waals surface area contributed by atoms with Crippen LogP contribution in [0.1, 0.15) is 15.2 Å². The largest absolute Gasteiger partial charge is 0.319 e. The Hall–Kier alpha value is -1.43. The van der Waals surface area contributed by atoms with Crippen LogP contribution in [0.2, 0.25) is 5.02 Å². The number of hydrogen-bond acceptors (Lipinski definition) is 3. The Balaban J connectivity index is 1.98. The number of fused-ring (bicyclic) bond motifs is 1. The average molecular weight is 382 g/mol. The van der Waals surface area contributed by atoms with Crippen LogP contribution in [-0.4, -0.2) is 10.9 Å². The van der Waals surface area contributed by atoms with Gasteiger partial charge in [0, 0.05) is 16.1 Å². The van der Waals surface area contributed by atoms with Gasteiger partial charge in [0.1, 0.15) is 4.88 Å². The molecule has 1 amide bonds. The molecule has 3 aromatic rings. The summed E-state index contributed by atoms with van der Waals surface area (Å²) in [5.74, 6) is -0.213. The number of halogens is 2. The van der Waals surface area contributed by atoms with E-state index in [0.29, 0.717) is 15.6 Å². The quantitative estimate of drug-likeness (QED) is 0.657. The van der Waals surface area contributed by atoms with E-state index < -0.39 is 0 Å². The van der Waals surface area contributed by atoms with Crippen molar-refractivity contribution in [2.75, 3.05) is 5.32 Å². The van der Waals surface area contributed by atoms with Gasteiger partial charge in [-0.3, -0.25) is 9.78 Å². The fraction of sp³-hybridized carbons (Fsp3) is 0.0667. The smallest absolute Gasteiger partial charge is 0.267 e. The van der Waals surface area contributed by atoms with E-state index in [0.717, 1.165) is 20.9 Å². The highest BCUT2D eigenvalue weighted by Crippen LogP contribution is 2.29. The predicted octanol–water partition coefficient (Wildman–Crippen LogP) is 5.27. The molecule has 0 aliphatic heterocycles. The molecule has 2 heterocycles. The van der Waals surface area contributed by atoms with Crippen molar-refractivity contribution in [2.24, 2.45) is 0 Å². The molecule has 21 heavy (non-hydrogen) atoms. The second-order valence-electron chi connectivity index (χ2n) is 4.55. The van der Waals surface area contributed by atoms with Crippen LogP contribution in [0.15, 0.2) is 40.3 Å². The minimum Gasteiger partial charge on any atom is -0.319 e. The fourth-order valence-electron chi connectivity index (χ4n) is 2.00. The predicted molar refractivity (Wildman–Crippen MR) is 91.5 cm³/mol. The zero-order valence-electron chi connectivity index (χ0n) is 11.0. The number of benzene rings is 1. The molecule has 0 unspecified atom stereocenters. The Morgan fingerprint density at radius 3 is 2.95 bits per heavy atom. The summed E-state index contributed by atoms with van der Waals surface area (Å²) in [6, 6.07) is 7.62. The SMILES string of the molecule is Cc1csc(C(=O)Nc2cccc3cc(Br)cnc23)c1Cl. The lowest BCUT2D eigenvalue weighted by Gasteiger charge is -2.07. The van der Waals surface area contributed by atoms with Crippen LogP contribution in [-0.2, 0) is 0 Å². The lowest BCUT2D eigenvalue weighted by Crippen LogP contribution is -2.11. The third-order valence-corrected chi connectivity index (χ3v) is 5.16. The first-order valence-electron chi connectivity index (χ1n) is 6.15. The summed E-state index contributed by atoms with van der Waals surface area (Å²) in [5.41, 5.74) is 2.33. The number of para-hydroxylation sites is 1. The van der Waals surface area contributed by atoms with Crippen molar-refractivity contribution in [3.8, 4) is 0 Å². The second-order valence-corrected chi connectivity index (χ2v) is 6.72. The molecule has 0 saturated heterocycles. The maximum atomic E-state index is 12.3. The molecule has 1 N–H and O–H groups in total. The average Bonchev–Trinajstić information content (AvgIpc) is 2.79. The maximum Gasteiger partial charge on any atom is 0.267 e. The Kier molecular flexibility index (Phi) is 3.97. The van der Waals surface area contributed by atoms with E-state index in [4.69, 9.17) is 11.6 Å². The highest BCUT2D eigenvalue weighted by atomic mass is 79.9. The number of carbonyl (C=O) groups is 1. The lowest BCUT2D eigenvalue weighted by molar-refractivity contribution is 0.103. The van der Waals surface area contributed by atoms with Crippen molar-refractivity contribution in [1.29, 1.82) is 0 Å². The molecule has 106 valence electrons. The number of aryl methyl sites for hydroxylation is 1. The number of nitrogens with zero attached hydrogens (tertiary/aromatic N) is 1. The van der Waals surface area contributed by atoms with Crippen molar-refractivity contribution >= 4 is 61.4 Å². The van der Waals surface area contributed by atoms with Crippen LogP contribution < -0.4 is 5.32 Å². The van der Waals surface area contributed by atoms with Gasteiger partial charge >= 0.3 is 0 Å². The van der Waals surface area contributed by atoms with Crippen LogP contribution in [0.3, 0.4) is 0 Å². The number of rotatable bonds is 2. The fourth-order valence-corrected chi connectivity index (χ4v) is 3.52. The second kappa shape index (κ2) is 5.75. The van der Waals surface area contributed by atoms with Gasteiger partial charge in [0.05, 0.1) is 16.2 Å². The molecule has 6 heteroatoms. The first-order chi connectivity index (χ1) is 10.1. The molecular weight excluding hydrogens is 372 g/mol. The van der Waals surface area contributed by atoms with Crippen LogP contribution in [0.5, 0.6) is 0 Å². The van der Waals surface area contributed by atoms with E-state index in [1.54, 1.807) is 6.20 Å². The van der Waals surface area contributed by atoms with E-state index >= 15 is 0 Å². The molecule has 0 radical (unpaired) electrons. The molecule has 0 aliphatic carbocycles. The molecule has 0 spiro atoms. The van der Waals surface area contributed by atoms with Gasteiger partial charge in [-0.25, -0.2) is 0 Å².